The Bertz CT molecular complexity index is 834. The maximum absolute atomic E-state index is 12.1. The normalized spacial score (nSPS) is 11.3. The zero-order valence-corrected chi connectivity index (χ0v) is 13.4. The molecule has 0 aliphatic rings. The second-order valence-corrected chi connectivity index (χ2v) is 5.90. The predicted octanol–water partition coefficient (Wildman–Crippen LogP) is 3.92. The summed E-state index contributed by atoms with van der Waals surface area (Å²) in [6.45, 7) is 0. The summed E-state index contributed by atoms with van der Waals surface area (Å²) in [6.07, 6.45) is 5.10. The first-order valence-electron chi connectivity index (χ1n) is 6.70. The van der Waals surface area contributed by atoms with Crippen molar-refractivity contribution in [2.45, 2.75) is 0 Å². The van der Waals surface area contributed by atoms with E-state index in [2.05, 4.69) is 20.5 Å². The number of benzene rings is 1. The molecule has 3 aromatic rings. The van der Waals surface area contributed by atoms with Crippen LogP contribution < -0.4 is 5.32 Å². The van der Waals surface area contributed by atoms with Crippen molar-refractivity contribution < 1.29 is 4.79 Å². The third kappa shape index (κ3) is 4.00. The van der Waals surface area contributed by atoms with E-state index < -0.39 is 0 Å². The molecule has 7 heteroatoms. The van der Waals surface area contributed by atoms with E-state index in [0.29, 0.717) is 15.7 Å². The third-order valence-corrected chi connectivity index (χ3v) is 4.19. The van der Waals surface area contributed by atoms with Crippen LogP contribution in [-0.4, -0.2) is 21.1 Å². The number of hydrogen-bond donors (Lipinski definition) is 1. The van der Waals surface area contributed by atoms with Crippen LogP contribution in [0.4, 0.5) is 5.69 Å². The molecular weight excluding hydrogens is 332 g/mol. The van der Waals surface area contributed by atoms with Crippen molar-refractivity contribution in [3.63, 3.8) is 0 Å². The summed E-state index contributed by atoms with van der Waals surface area (Å²) in [6, 6.07) is 12.9. The van der Waals surface area contributed by atoms with Crippen molar-refractivity contribution in [3.8, 4) is 0 Å². The number of nitrogens with zero attached hydrogens (tertiary/aromatic N) is 3. The van der Waals surface area contributed by atoms with E-state index in [9.17, 15) is 4.79 Å². The van der Waals surface area contributed by atoms with Gasteiger partial charge >= 0.3 is 0 Å². The molecule has 0 radical (unpaired) electrons. The molecule has 0 aliphatic heterocycles. The number of pyridine rings is 1. The minimum absolute atomic E-state index is 0.251. The van der Waals surface area contributed by atoms with Crippen LogP contribution in [-0.2, 0) is 0 Å². The highest BCUT2D eigenvalue weighted by molar-refractivity contribution is 7.15. The summed E-state index contributed by atoms with van der Waals surface area (Å²) >= 11 is 7.36. The molecule has 0 unspecified atom stereocenters. The van der Waals surface area contributed by atoms with Gasteiger partial charge < -0.3 is 5.32 Å². The molecular formula is C16H11ClN4OS. The van der Waals surface area contributed by atoms with Gasteiger partial charge in [0.2, 0.25) is 5.01 Å². The lowest BCUT2D eigenvalue weighted by atomic mass is 10.2. The lowest BCUT2D eigenvalue weighted by Gasteiger charge is -2.00. The topological polar surface area (TPSA) is 67.8 Å². The number of amides is 1. The summed E-state index contributed by atoms with van der Waals surface area (Å²) in [5.74, 6) is -0.314. The summed E-state index contributed by atoms with van der Waals surface area (Å²) in [5.41, 5.74) is 1.55. The van der Waals surface area contributed by atoms with Crippen LogP contribution in [0.1, 0.15) is 20.4 Å². The van der Waals surface area contributed by atoms with Crippen LogP contribution >= 0.6 is 22.9 Å². The third-order valence-electron chi connectivity index (χ3n) is 2.83. The molecule has 3 rings (SSSR count). The Morgan fingerprint density at radius 1 is 1.09 bits per heavy atom. The van der Waals surface area contributed by atoms with Gasteiger partial charge in [0.1, 0.15) is 0 Å². The fourth-order valence-electron chi connectivity index (χ4n) is 1.79. The number of rotatable bonds is 4. The Balaban J connectivity index is 1.75. The molecule has 0 atom stereocenters. The van der Waals surface area contributed by atoms with Gasteiger partial charge in [0, 0.05) is 18.1 Å². The average molecular weight is 343 g/mol. The first-order valence-corrected chi connectivity index (χ1v) is 7.89. The van der Waals surface area contributed by atoms with Crippen LogP contribution in [0, 0.1) is 0 Å². The fourth-order valence-corrected chi connectivity index (χ4v) is 2.71. The van der Waals surface area contributed by atoms with E-state index in [0.717, 1.165) is 16.9 Å². The van der Waals surface area contributed by atoms with Crippen molar-refractivity contribution in [2.75, 3.05) is 5.32 Å². The highest BCUT2D eigenvalue weighted by atomic mass is 35.5. The molecule has 114 valence electrons. The first kappa shape index (κ1) is 15.3. The van der Waals surface area contributed by atoms with E-state index in [-0.39, 0.29) is 10.9 Å². The highest BCUT2D eigenvalue weighted by Gasteiger charge is 2.14. The molecule has 0 saturated carbocycles. The van der Waals surface area contributed by atoms with Crippen molar-refractivity contribution in [3.05, 3.63) is 70.4 Å². The summed E-state index contributed by atoms with van der Waals surface area (Å²) < 4.78 is 0. The lowest BCUT2D eigenvalue weighted by Crippen LogP contribution is -2.11. The van der Waals surface area contributed by atoms with Gasteiger partial charge in [0.25, 0.3) is 5.91 Å². The van der Waals surface area contributed by atoms with E-state index in [1.165, 1.54) is 0 Å². The molecule has 5 nitrogen and oxygen atoms in total. The van der Waals surface area contributed by atoms with Crippen LogP contribution in [0.25, 0.3) is 11.1 Å². The van der Waals surface area contributed by atoms with Crippen molar-refractivity contribution >= 4 is 45.6 Å². The van der Waals surface area contributed by atoms with Crippen molar-refractivity contribution in [1.29, 1.82) is 0 Å². The Hall–Kier alpha value is -2.57. The van der Waals surface area contributed by atoms with E-state index in [1.54, 1.807) is 30.6 Å². The SMILES string of the molecule is O=C(Nc1ccccc1)c1nnc(C(Cl)=Cc2cccnc2)s1. The second-order valence-electron chi connectivity index (χ2n) is 4.51. The quantitative estimate of drug-likeness (QED) is 0.780. The Morgan fingerprint density at radius 2 is 1.87 bits per heavy atom. The number of carbonyl (C=O) groups excluding carboxylic acids is 1. The largest absolute Gasteiger partial charge is 0.320 e. The average Bonchev–Trinajstić information content (AvgIpc) is 3.07. The van der Waals surface area contributed by atoms with E-state index in [4.69, 9.17) is 11.6 Å². The fraction of sp³-hybridized carbons (Fsp3) is 0. The molecule has 1 N–H and O–H groups in total. The molecule has 1 amide bonds. The van der Waals surface area contributed by atoms with E-state index in [1.807, 2.05) is 30.3 Å². The number of halogens is 1. The number of carbonyl (C=O) groups is 1. The number of para-hydroxylation sites is 1. The zero-order valence-electron chi connectivity index (χ0n) is 11.8. The van der Waals surface area contributed by atoms with Gasteiger partial charge in [-0.05, 0) is 29.8 Å². The molecule has 2 heterocycles. The Kier molecular flexibility index (Phi) is 4.75. The standard InChI is InChI=1S/C16H11ClN4OS/c17-13(9-11-5-4-8-18-10-11)15-20-21-16(23-15)14(22)19-12-6-2-1-3-7-12/h1-10H,(H,19,22). The highest BCUT2D eigenvalue weighted by Crippen LogP contribution is 2.25. The number of aromatic nitrogens is 3. The molecule has 23 heavy (non-hydrogen) atoms. The van der Waals surface area contributed by atoms with Gasteiger partial charge in [-0.1, -0.05) is 47.2 Å². The van der Waals surface area contributed by atoms with Gasteiger partial charge in [0.15, 0.2) is 5.01 Å². The zero-order chi connectivity index (χ0) is 16.1. The Labute approximate surface area is 141 Å². The summed E-state index contributed by atoms with van der Waals surface area (Å²) in [4.78, 5) is 16.1. The first-order chi connectivity index (χ1) is 11.2. The molecule has 0 bridgehead atoms. The maximum Gasteiger partial charge on any atom is 0.286 e. The molecule has 0 fully saturated rings. The monoisotopic (exact) mass is 342 g/mol. The van der Waals surface area contributed by atoms with Crippen LogP contribution in [0.5, 0.6) is 0 Å². The second kappa shape index (κ2) is 7.13. The van der Waals surface area contributed by atoms with Crippen molar-refractivity contribution in [2.24, 2.45) is 0 Å². The van der Waals surface area contributed by atoms with Crippen LogP contribution in [0.3, 0.4) is 0 Å². The summed E-state index contributed by atoms with van der Waals surface area (Å²) in [7, 11) is 0. The smallest absolute Gasteiger partial charge is 0.286 e. The minimum atomic E-state index is -0.314. The lowest BCUT2D eigenvalue weighted by molar-refractivity contribution is 0.102. The minimum Gasteiger partial charge on any atom is -0.320 e. The molecule has 1 aromatic carbocycles. The van der Waals surface area contributed by atoms with Crippen LogP contribution in [0.2, 0.25) is 0 Å². The Morgan fingerprint density at radius 3 is 2.61 bits per heavy atom. The number of anilines is 1. The molecule has 0 saturated heterocycles. The van der Waals surface area contributed by atoms with Gasteiger partial charge in [-0.3, -0.25) is 9.78 Å². The summed E-state index contributed by atoms with van der Waals surface area (Å²) in [5, 5.41) is 11.8. The van der Waals surface area contributed by atoms with Crippen LogP contribution in [0.15, 0.2) is 54.9 Å². The maximum atomic E-state index is 12.1. The van der Waals surface area contributed by atoms with E-state index >= 15 is 0 Å². The predicted molar refractivity (Wildman–Crippen MR) is 92.3 cm³/mol. The van der Waals surface area contributed by atoms with Gasteiger partial charge in [-0.25, -0.2) is 0 Å². The van der Waals surface area contributed by atoms with Gasteiger partial charge in [-0.2, -0.15) is 0 Å². The molecule has 2 aromatic heterocycles. The van der Waals surface area contributed by atoms with Gasteiger partial charge in [-0.15, -0.1) is 10.2 Å². The van der Waals surface area contributed by atoms with Gasteiger partial charge in [0.05, 0.1) is 5.03 Å². The molecule has 0 spiro atoms. The molecule has 0 aliphatic carbocycles. The number of hydrogen-bond acceptors (Lipinski definition) is 5. The number of nitrogens with one attached hydrogen (secondary N) is 1. The van der Waals surface area contributed by atoms with Crippen molar-refractivity contribution in [1.82, 2.24) is 15.2 Å².